The molecule has 0 aromatic carbocycles. The van der Waals surface area contributed by atoms with Crippen molar-refractivity contribution in [3.05, 3.63) is 29.7 Å². The molecular weight excluding hydrogens is 188 g/mol. The molecule has 0 aliphatic heterocycles. The number of aromatic nitrogens is 3. The maximum atomic E-state index is 5.60. The van der Waals surface area contributed by atoms with Gasteiger partial charge in [-0.1, -0.05) is 6.92 Å². The van der Waals surface area contributed by atoms with Crippen molar-refractivity contribution in [2.24, 2.45) is 11.7 Å². The minimum absolute atomic E-state index is 0.443. The smallest absolute Gasteiger partial charge is 0.161 e. The van der Waals surface area contributed by atoms with Gasteiger partial charge in [-0.3, -0.25) is 4.40 Å². The van der Waals surface area contributed by atoms with Crippen LogP contribution in [0.3, 0.4) is 0 Å². The van der Waals surface area contributed by atoms with Crippen LogP contribution in [0, 0.1) is 12.8 Å². The van der Waals surface area contributed by atoms with E-state index < -0.39 is 0 Å². The van der Waals surface area contributed by atoms with E-state index in [0.717, 1.165) is 17.9 Å². The summed E-state index contributed by atoms with van der Waals surface area (Å²) >= 11 is 0. The molecule has 0 saturated carbocycles. The molecule has 2 heterocycles. The number of nitrogens with zero attached hydrogens (tertiary/aromatic N) is 3. The quantitative estimate of drug-likeness (QED) is 0.816. The Kier molecular flexibility index (Phi) is 2.68. The second kappa shape index (κ2) is 3.98. The number of nitrogens with two attached hydrogens (primary N) is 1. The Morgan fingerprint density at radius 3 is 3.00 bits per heavy atom. The highest BCUT2D eigenvalue weighted by molar-refractivity contribution is 5.40. The largest absolute Gasteiger partial charge is 0.330 e. The van der Waals surface area contributed by atoms with E-state index in [9.17, 15) is 0 Å². The molecule has 0 bridgehead atoms. The predicted molar refractivity (Wildman–Crippen MR) is 59.6 cm³/mol. The van der Waals surface area contributed by atoms with Crippen molar-refractivity contribution in [2.75, 3.05) is 6.54 Å². The van der Waals surface area contributed by atoms with Crippen LogP contribution in [0.15, 0.2) is 18.3 Å². The minimum Gasteiger partial charge on any atom is -0.330 e. The lowest BCUT2D eigenvalue weighted by Crippen LogP contribution is -2.14. The van der Waals surface area contributed by atoms with E-state index in [0.29, 0.717) is 12.5 Å². The lowest BCUT2D eigenvalue weighted by atomic mass is 10.1. The van der Waals surface area contributed by atoms with Crippen LogP contribution in [-0.4, -0.2) is 21.1 Å². The molecule has 15 heavy (non-hydrogen) atoms. The minimum atomic E-state index is 0.443. The van der Waals surface area contributed by atoms with Gasteiger partial charge in [0.1, 0.15) is 5.82 Å². The molecule has 2 N–H and O–H groups in total. The molecule has 0 aliphatic rings. The van der Waals surface area contributed by atoms with E-state index in [1.165, 1.54) is 5.56 Å². The average Bonchev–Trinajstić information content (AvgIpc) is 2.60. The molecule has 0 spiro atoms. The first kappa shape index (κ1) is 10.1. The van der Waals surface area contributed by atoms with Crippen LogP contribution >= 0.6 is 0 Å². The highest BCUT2D eigenvalue weighted by atomic mass is 15.2. The summed E-state index contributed by atoms with van der Waals surface area (Å²) < 4.78 is 2.03. The first-order valence-electron chi connectivity index (χ1n) is 5.21. The van der Waals surface area contributed by atoms with Crippen molar-refractivity contribution in [1.82, 2.24) is 14.6 Å². The van der Waals surface area contributed by atoms with E-state index in [2.05, 4.69) is 30.1 Å². The van der Waals surface area contributed by atoms with Crippen LogP contribution in [0.4, 0.5) is 0 Å². The summed E-state index contributed by atoms with van der Waals surface area (Å²) in [6.07, 6.45) is 2.89. The molecule has 4 heteroatoms. The number of pyridine rings is 1. The zero-order valence-electron chi connectivity index (χ0n) is 9.14. The highest BCUT2D eigenvalue weighted by Crippen LogP contribution is 2.09. The Morgan fingerprint density at radius 1 is 1.47 bits per heavy atom. The van der Waals surface area contributed by atoms with Crippen LogP contribution in [-0.2, 0) is 6.42 Å². The fourth-order valence-corrected chi connectivity index (χ4v) is 1.58. The molecule has 2 rings (SSSR count). The molecule has 1 atom stereocenters. The summed E-state index contributed by atoms with van der Waals surface area (Å²) in [5.74, 6) is 1.43. The van der Waals surface area contributed by atoms with Crippen molar-refractivity contribution < 1.29 is 0 Å². The SMILES string of the molecule is Cc1ccn2c(CC(C)CN)nnc2c1. The van der Waals surface area contributed by atoms with Crippen LogP contribution in [0.25, 0.3) is 5.65 Å². The second-order valence-corrected chi connectivity index (χ2v) is 4.09. The third kappa shape index (κ3) is 1.99. The van der Waals surface area contributed by atoms with E-state index in [4.69, 9.17) is 5.73 Å². The molecule has 0 saturated heterocycles. The van der Waals surface area contributed by atoms with E-state index in [1.807, 2.05) is 16.7 Å². The summed E-state index contributed by atoms with van der Waals surface area (Å²) in [4.78, 5) is 0. The maximum Gasteiger partial charge on any atom is 0.161 e. The summed E-state index contributed by atoms with van der Waals surface area (Å²) in [7, 11) is 0. The number of hydrogen-bond acceptors (Lipinski definition) is 3. The number of rotatable bonds is 3. The van der Waals surface area contributed by atoms with Crippen LogP contribution in [0.2, 0.25) is 0 Å². The Labute approximate surface area is 89.1 Å². The Hall–Kier alpha value is -1.42. The number of aryl methyl sites for hydroxylation is 1. The average molecular weight is 204 g/mol. The number of hydrogen-bond donors (Lipinski definition) is 1. The van der Waals surface area contributed by atoms with Crippen molar-refractivity contribution in [3.8, 4) is 0 Å². The summed E-state index contributed by atoms with van der Waals surface area (Å²) in [5.41, 5.74) is 7.71. The molecule has 2 aromatic heterocycles. The molecule has 80 valence electrons. The summed E-state index contributed by atoms with van der Waals surface area (Å²) in [5, 5.41) is 8.32. The van der Waals surface area contributed by atoms with Gasteiger partial charge in [0.25, 0.3) is 0 Å². The highest BCUT2D eigenvalue weighted by Gasteiger charge is 2.08. The van der Waals surface area contributed by atoms with Gasteiger partial charge in [-0.2, -0.15) is 0 Å². The van der Waals surface area contributed by atoms with Gasteiger partial charge in [0, 0.05) is 12.6 Å². The third-order valence-corrected chi connectivity index (χ3v) is 2.57. The number of fused-ring (bicyclic) bond motifs is 1. The third-order valence-electron chi connectivity index (χ3n) is 2.57. The Balaban J connectivity index is 2.36. The summed E-state index contributed by atoms with van der Waals surface area (Å²) in [6, 6.07) is 4.09. The van der Waals surface area contributed by atoms with E-state index in [-0.39, 0.29) is 0 Å². The van der Waals surface area contributed by atoms with Gasteiger partial charge in [-0.25, -0.2) is 0 Å². The van der Waals surface area contributed by atoms with Gasteiger partial charge in [-0.05, 0) is 37.1 Å². The van der Waals surface area contributed by atoms with Crippen LogP contribution < -0.4 is 5.73 Å². The van der Waals surface area contributed by atoms with Gasteiger partial charge in [-0.15, -0.1) is 10.2 Å². The van der Waals surface area contributed by atoms with Crippen molar-refractivity contribution in [2.45, 2.75) is 20.3 Å². The van der Waals surface area contributed by atoms with Crippen molar-refractivity contribution >= 4 is 5.65 Å². The molecule has 0 amide bonds. The lowest BCUT2D eigenvalue weighted by molar-refractivity contribution is 0.570. The zero-order valence-corrected chi connectivity index (χ0v) is 9.14. The first-order chi connectivity index (χ1) is 7.20. The molecule has 0 fully saturated rings. The maximum absolute atomic E-state index is 5.60. The van der Waals surface area contributed by atoms with Gasteiger partial charge in [0.2, 0.25) is 0 Å². The lowest BCUT2D eigenvalue weighted by Gasteiger charge is -2.06. The monoisotopic (exact) mass is 204 g/mol. The Morgan fingerprint density at radius 2 is 2.27 bits per heavy atom. The van der Waals surface area contributed by atoms with Gasteiger partial charge in [0.15, 0.2) is 5.65 Å². The fraction of sp³-hybridized carbons (Fsp3) is 0.455. The normalized spacial score (nSPS) is 13.3. The van der Waals surface area contributed by atoms with Gasteiger partial charge >= 0.3 is 0 Å². The topological polar surface area (TPSA) is 56.2 Å². The predicted octanol–water partition coefficient (Wildman–Crippen LogP) is 1.18. The van der Waals surface area contributed by atoms with E-state index >= 15 is 0 Å². The standard InChI is InChI=1S/C11H16N4/c1-8-3-4-15-10(5-8)13-14-11(15)6-9(2)7-12/h3-5,9H,6-7,12H2,1-2H3. The van der Waals surface area contributed by atoms with Gasteiger partial charge < -0.3 is 5.73 Å². The second-order valence-electron chi connectivity index (χ2n) is 4.09. The molecule has 0 aliphatic carbocycles. The zero-order chi connectivity index (χ0) is 10.8. The molecule has 4 nitrogen and oxygen atoms in total. The van der Waals surface area contributed by atoms with Crippen molar-refractivity contribution in [3.63, 3.8) is 0 Å². The molecule has 2 aromatic rings. The van der Waals surface area contributed by atoms with Gasteiger partial charge in [0.05, 0.1) is 0 Å². The fourth-order valence-electron chi connectivity index (χ4n) is 1.58. The van der Waals surface area contributed by atoms with Crippen LogP contribution in [0.5, 0.6) is 0 Å². The molecular formula is C11H16N4. The van der Waals surface area contributed by atoms with E-state index in [1.54, 1.807) is 0 Å². The van der Waals surface area contributed by atoms with Crippen LogP contribution in [0.1, 0.15) is 18.3 Å². The molecule has 1 unspecified atom stereocenters. The first-order valence-corrected chi connectivity index (χ1v) is 5.21. The van der Waals surface area contributed by atoms with Crippen molar-refractivity contribution in [1.29, 1.82) is 0 Å². The Bertz CT molecular complexity index is 461. The molecule has 0 radical (unpaired) electrons. The summed E-state index contributed by atoms with van der Waals surface area (Å²) in [6.45, 7) is 4.85.